The summed E-state index contributed by atoms with van der Waals surface area (Å²) in [4.78, 5) is 29.9. The summed E-state index contributed by atoms with van der Waals surface area (Å²) in [5.74, 6) is 1.15. The number of aromatic nitrogens is 1. The van der Waals surface area contributed by atoms with Gasteiger partial charge in [-0.1, -0.05) is 102 Å². The van der Waals surface area contributed by atoms with Crippen molar-refractivity contribution < 1.29 is 23.5 Å². The minimum Gasteiger partial charge on any atom is -0.436 e. The molecule has 5 rings (SSSR count). The molecule has 0 radical (unpaired) electrons. The van der Waals surface area contributed by atoms with Crippen LogP contribution in [0.3, 0.4) is 0 Å². The van der Waals surface area contributed by atoms with Gasteiger partial charge in [0, 0.05) is 11.1 Å². The zero-order valence-electron chi connectivity index (χ0n) is 30.2. The fraction of sp³-hybridized carbons (Fsp3) is 0.356. The highest BCUT2D eigenvalue weighted by Gasteiger charge is 2.13. The summed E-state index contributed by atoms with van der Waals surface area (Å²) >= 11 is 0. The lowest BCUT2D eigenvalue weighted by atomic mass is 10.0. The predicted octanol–water partition coefficient (Wildman–Crippen LogP) is 12.3. The number of carbonyl (C=O) groups is 2. The van der Waals surface area contributed by atoms with Crippen LogP contribution in [0.1, 0.15) is 123 Å². The summed E-state index contributed by atoms with van der Waals surface area (Å²) in [7, 11) is 0. The number of carbonyl (C=O) groups excluding carboxylic acids is 2. The number of hydrogen-bond acceptors (Lipinski definition) is 6. The average molecular weight is 686 g/mol. The second-order valence-corrected chi connectivity index (χ2v) is 13.3. The van der Waals surface area contributed by atoms with Gasteiger partial charge in [0.05, 0.1) is 17.3 Å². The van der Waals surface area contributed by atoms with Gasteiger partial charge in [0.1, 0.15) is 11.5 Å². The molecule has 0 N–H and O–H groups in total. The van der Waals surface area contributed by atoms with Crippen molar-refractivity contribution in [1.82, 2.24) is 4.98 Å². The summed E-state index contributed by atoms with van der Waals surface area (Å²) in [6.07, 6.45) is 18.9. The van der Waals surface area contributed by atoms with Crippen molar-refractivity contribution in [2.75, 3.05) is 0 Å². The first-order chi connectivity index (χ1) is 25.0. The second-order valence-electron chi connectivity index (χ2n) is 13.3. The van der Waals surface area contributed by atoms with Crippen molar-refractivity contribution in [3.63, 3.8) is 0 Å². The van der Waals surface area contributed by atoms with Gasteiger partial charge >= 0.3 is 11.9 Å². The Labute approximate surface area is 303 Å². The third kappa shape index (κ3) is 11.8. The van der Waals surface area contributed by atoms with E-state index in [0.717, 1.165) is 24.0 Å². The first kappa shape index (κ1) is 37.3. The first-order valence-corrected chi connectivity index (χ1v) is 18.8. The quantitative estimate of drug-likeness (QED) is 0.0461. The SMILES string of the molecule is CCCCCCCCc1ccc(C(=O)Oc2ccc(-c3cnc(-c4ccc(OC(=O)c5ccc(CCCCCCCC)cc5)cc4)o3)cc2)cc1. The van der Waals surface area contributed by atoms with Gasteiger partial charge in [0.25, 0.3) is 0 Å². The molecule has 0 fully saturated rings. The molecule has 0 aliphatic carbocycles. The number of aryl methyl sites for hydroxylation is 2. The number of nitrogens with zero attached hydrogens (tertiary/aromatic N) is 1. The largest absolute Gasteiger partial charge is 0.436 e. The van der Waals surface area contributed by atoms with Crippen molar-refractivity contribution in [2.45, 2.75) is 104 Å². The van der Waals surface area contributed by atoms with E-state index in [1.807, 2.05) is 72.8 Å². The van der Waals surface area contributed by atoms with Gasteiger partial charge in [0.2, 0.25) is 5.89 Å². The van der Waals surface area contributed by atoms with Gasteiger partial charge in [-0.15, -0.1) is 0 Å². The Morgan fingerprint density at radius 3 is 1.37 bits per heavy atom. The Morgan fingerprint density at radius 1 is 0.510 bits per heavy atom. The molecule has 0 aliphatic rings. The zero-order valence-corrected chi connectivity index (χ0v) is 30.2. The Bertz CT molecular complexity index is 1640. The highest BCUT2D eigenvalue weighted by molar-refractivity contribution is 5.91. The van der Waals surface area contributed by atoms with Crippen LogP contribution in [0.2, 0.25) is 0 Å². The van der Waals surface area contributed by atoms with E-state index in [2.05, 4.69) is 18.8 Å². The highest BCUT2D eigenvalue weighted by atomic mass is 16.5. The van der Waals surface area contributed by atoms with Gasteiger partial charge in [-0.2, -0.15) is 0 Å². The summed E-state index contributed by atoms with van der Waals surface area (Å²) in [6.45, 7) is 4.47. The van der Waals surface area contributed by atoms with Gasteiger partial charge < -0.3 is 13.9 Å². The molecule has 51 heavy (non-hydrogen) atoms. The number of unbranched alkanes of at least 4 members (excludes halogenated alkanes) is 10. The number of oxazole rings is 1. The fourth-order valence-corrected chi connectivity index (χ4v) is 6.06. The van der Waals surface area contributed by atoms with Crippen LogP contribution in [0, 0.1) is 0 Å². The standard InChI is InChI=1S/C45H51NO5/c1-3-5-7-9-11-13-15-34-17-21-38(22-18-34)44(47)49-40-29-25-36(26-30-40)42-33-46-43(51-42)37-27-31-41(32-28-37)50-45(48)39-23-19-35(20-24-39)16-14-12-10-8-6-4-2/h17-33H,3-16H2,1-2H3. The van der Waals surface area contributed by atoms with Crippen LogP contribution < -0.4 is 9.47 Å². The molecule has 1 heterocycles. The average Bonchev–Trinajstić information content (AvgIpc) is 3.66. The van der Waals surface area contributed by atoms with Crippen molar-refractivity contribution in [1.29, 1.82) is 0 Å². The lowest BCUT2D eigenvalue weighted by Crippen LogP contribution is -2.08. The Morgan fingerprint density at radius 2 is 0.922 bits per heavy atom. The second kappa shape index (κ2) is 20.0. The molecule has 0 amide bonds. The molecule has 5 aromatic rings. The summed E-state index contributed by atoms with van der Waals surface area (Å²) in [6, 6.07) is 29.7. The van der Waals surface area contributed by atoms with Crippen LogP contribution in [0.25, 0.3) is 22.8 Å². The van der Waals surface area contributed by atoms with Crippen LogP contribution in [-0.2, 0) is 12.8 Å². The van der Waals surface area contributed by atoms with E-state index in [1.165, 1.54) is 88.2 Å². The molecule has 4 aromatic carbocycles. The van der Waals surface area contributed by atoms with Crippen molar-refractivity contribution >= 4 is 11.9 Å². The molecule has 0 saturated heterocycles. The van der Waals surface area contributed by atoms with E-state index in [0.29, 0.717) is 34.3 Å². The maximum Gasteiger partial charge on any atom is 0.343 e. The molecule has 0 bridgehead atoms. The first-order valence-electron chi connectivity index (χ1n) is 18.8. The molecule has 1 aromatic heterocycles. The molecule has 0 aliphatic heterocycles. The Hall–Kier alpha value is -4.97. The lowest BCUT2D eigenvalue weighted by molar-refractivity contribution is 0.0725. The predicted molar refractivity (Wildman–Crippen MR) is 204 cm³/mol. The molecule has 6 nitrogen and oxygen atoms in total. The van der Waals surface area contributed by atoms with Crippen LogP contribution in [-0.4, -0.2) is 16.9 Å². The number of rotatable bonds is 20. The number of ether oxygens (including phenoxy) is 2. The molecular weight excluding hydrogens is 634 g/mol. The normalized spacial score (nSPS) is 11.0. The Balaban J connectivity index is 1.07. The van der Waals surface area contributed by atoms with E-state index >= 15 is 0 Å². The molecule has 0 unspecified atom stereocenters. The highest BCUT2D eigenvalue weighted by Crippen LogP contribution is 2.29. The monoisotopic (exact) mass is 685 g/mol. The topological polar surface area (TPSA) is 78.6 Å². The molecule has 0 spiro atoms. The lowest BCUT2D eigenvalue weighted by Gasteiger charge is -2.07. The third-order valence-electron chi connectivity index (χ3n) is 9.18. The molecule has 0 saturated carbocycles. The van der Waals surface area contributed by atoms with E-state index in [-0.39, 0.29) is 5.97 Å². The third-order valence-corrected chi connectivity index (χ3v) is 9.18. The van der Waals surface area contributed by atoms with Crippen molar-refractivity contribution in [3.8, 4) is 34.3 Å². The minimum absolute atomic E-state index is 0.387. The summed E-state index contributed by atoms with van der Waals surface area (Å²) in [5, 5.41) is 0. The zero-order chi connectivity index (χ0) is 35.7. The van der Waals surface area contributed by atoms with Gasteiger partial charge in [-0.3, -0.25) is 0 Å². The molecule has 266 valence electrons. The van der Waals surface area contributed by atoms with E-state index in [4.69, 9.17) is 13.9 Å². The smallest absolute Gasteiger partial charge is 0.343 e. The van der Waals surface area contributed by atoms with Crippen LogP contribution in [0.5, 0.6) is 11.5 Å². The van der Waals surface area contributed by atoms with Crippen molar-refractivity contribution in [2.24, 2.45) is 0 Å². The van der Waals surface area contributed by atoms with E-state index in [1.54, 1.807) is 30.5 Å². The maximum atomic E-state index is 12.8. The van der Waals surface area contributed by atoms with E-state index < -0.39 is 5.97 Å². The number of hydrogen-bond donors (Lipinski definition) is 0. The number of esters is 2. The van der Waals surface area contributed by atoms with E-state index in [9.17, 15) is 9.59 Å². The Kier molecular flexibility index (Phi) is 14.6. The molecule has 0 atom stereocenters. The van der Waals surface area contributed by atoms with Crippen LogP contribution in [0.4, 0.5) is 0 Å². The summed E-state index contributed by atoms with van der Waals surface area (Å²) in [5.41, 5.74) is 5.09. The fourth-order valence-electron chi connectivity index (χ4n) is 6.06. The van der Waals surface area contributed by atoms with Crippen LogP contribution in [0.15, 0.2) is 108 Å². The minimum atomic E-state index is -0.391. The summed E-state index contributed by atoms with van der Waals surface area (Å²) < 4.78 is 17.3. The number of benzene rings is 4. The van der Waals surface area contributed by atoms with Gasteiger partial charge in [-0.05, 0) is 110 Å². The molecular formula is C45H51NO5. The van der Waals surface area contributed by atoms with Gasteiger partial charge in [0.15, 0.2) is 5.76 Å². The molecule has 6 heteroatoms. The van der Waals surface area contributed by atoms with Gasteiger partial charge in [-0.25, -0.2) is 14.6 Å². The maximum absolute atomic E-state index is 12.8. The van der Waals surface area contributed by atoms with Crippen molar-refractivity contribution in [3.05, 3.63) is 126 Å². The van der Waals surface area contributed by atoms with Crippen LogP contribution >= 0.6 is 0 Å².